The standard InChI is InChI=1S/C42H32BClFN3O7/c44-25-11-9-23(10-12-25)42-33(39(51)48(41(42)53)46-27-15-13-26(45)14-16-27)21-32-30(37(42)36-29-7-2-1-4-22(29)8-19-34(36)49)17-18-31-35(32)40(52)47(38(31)50)28-6-3-5-24(20-28)43(54)55/h1-17,19-20,31-33,35,37,46,49,54-55H,18,21H2. The summed E-state index contributed by atoms with van der Waals surface area (Å²) >= 11 is 6.40. The minimum Gasteiger partial charge on any atom is -0.508 e. The molecule has 4 amide bonds. The molecule has 0 spiro atoms. The molecule has 4 N–H and O–H groups in total. The highest BCUT2D eigenvalue weighted by Crippen LogP contribution is 2.65. The van der Waals surface area contributed by atoms with Gasteiger partial charge in [0.15, 0.2) is 0 Å². The summed E-state index contributed by atoms with van der Waals surface area (Å²) in [7, 11) is -1.82. The monoisotopic (exact) mass is 755 g/mol. The molecule has 6 atom stereocenters. The second-order valence-corrected chi connectivity index (χ2v) is 15.0. The third-order valence-corrected chi connectivity index (χ3v) is 12.2. The van der Waals surface area contributed by atoms with Crippen LogP contribution in [0.5, 0.6) is 5.75 Å². The smallest absolute Gasteiger partial charge is 0.488 e. The van der Waals surface area contributed by atoms with Crippen molar-refractivity contribution in [1.29, 1.82) is 0 Å². The van der Waals surface area contributed by atoms with Crippen LogP contribution in [0.2, 0.25) is 5.02 Å². The Hall–Kier alpha value is -5.82. The number of hydrazine groups is 1. The molecule has 2 heterocycles. The van der Waals surface area contributed by atoms with Gasteiger partial charge in [-0.1, -0.05) is 77.8 Å². The topological polar surface area (TPSA) is 147 Å². The van der Waals surface area contributed by atoms with E-state index in [1.54, 1.807) is 42.5 Å². The van der Waals surface area contributed by atoms with Crippen molar-refractivity contribution in [2.45, 2.75) is 24.2 Å². The number of benzene rings is 5. The van der Waals surface area contributed by atoms with Crippen LogP contribution >= 0.6 is 11.6 Å². The number of amides is 4. The number of carbonyl (C=O) groups is 4. The van der Waals surface area contributed by atoms with E-state index in [4.69, 9.17) is 11.6 Å². The quantitative estimate of drug-likeness (QED) is 0.105. The van der Waals surface area contributed by atoms with Gasteiger partial charge in [-0.3, -0.25) is 29.5 Å². The maximum Gasteiger partial charge on any atom is 0.488 e. The highest BCUT2D eigenvalue weighted by molar-refractivity contribution is 6.58. The number of fused-ring (bicyclic) bond motifs is 5. The fourth-order valence-corrected chi connectivity index (χ4v) is 9.76. The number of nitrogens with one attached hydrogen (secondary N) is 1. The molecule has 0 bridgehead atoms. The van der Waals surface area contributed by atoms with Crippen LogP contribution in [0.4, 0.5) is 15.8 Å². The minimum atomic E-state index is -1.82. The molecule has 13 heteroatoms. The van der Waals surface area contributed by atoms with Crippen LogP contribution in [-0.4, -0.2) is 50.9 Å². The van der Waals surface area contributed by atoms with Gasteiger partial charge in [-0.15, -0.1) is 0 Å². The Labute approximate surface area is 319 Å². The Morgan fingerprint density at radius 1 is 0.818 bits per heavy atom. The molecule has 3 fully saturated rings. The number of hydrogen-bond acceptors (Lipinski definition) is 8. The van der Waals surface area contributed by atoms with Gasteiger partial charge >= 0.3 is 7.12 Å². The number of aromatic hydroxyl groups is 1. The first-order valence-corrected chi connectivity index (χ1v) is 18.3. The highest BCUT2D eigenvalue weighted by Gasteiger charge is 2.71. The zero-order valence-electron chi connectivity index (χ0n) is 29.0. The van der Waals surface area contributed by atoms with E-state index in [1.165, 1.54) is 42.5 Å². The summed E-state index contributed by atoms with van der Waals surface area (Å²) in [5.74, 6) is -7.34. The number of phenolic OH excluding ortho intramolecular Hbond substituents is 1. The molecule has 55 heavy (non-hydrogen) atoms. The molecule has 2 saturated heterocycles. The molecule has 2 aliphatic heterocycles. The minimum absolute atomic E-state index is 0.00603. The number of imide groups is 2. The normalized spacial score (nSPS) is 25.8. The van der Waals surface area contributed by atoms with Gasteiger partial charge in [-0.05, 0) is 95.2 Å². The third kappa shape index (κ3) is 5.16. The molecule has 9 rings (SSSR count). The zero-order chi connectivity index (χ0) is 38.3. The lowest BCUT2D eigenvalue weighted by Gasteiger charge is -2.51. The molecule has 2 aliphatic carbocycles. The van der Waals surface area contributed by atoms with Crippen LogP contribution in [0.15, 0.2) is 121 Å². The predicted octanol–water partition coefficient (Wildman–Crippen LogP) is 5.21. The van der Waals surface area contributed by atoms with Crippen molar-refractivity contribution < 1.29 is 38.7 Å². The number of halogens is 2. The van der Waals surface area contributed by atoms with Crippen LogP contribution in [-0.2, 0) is 24.6 Å². The van der Waals surface area contributed by atoms with Crippen molar-refractivity contribution in [2.75, 3.05) is 10.3 Å². The summed E-state index contributed by atoms with van der Waals surface area (Å²) in [6.45, 7) is 0. The number of phenols is 1. The Bertz CT molecular complexity index is 2480. The number of anilines is 2. The molecule has 5 aromatic carbocycles. The second kappa shape index (κ2) is 12.9. The predicted molar refractivity (Wildman–Crippen MR) is 203 cm³/mol. The van der Waals surface area contributed by atoms with Gasteiger partial charge in [0.05, 0.1) is 34.5 Å². The van der Waals surface area contributed by atoms with Crippen LogP contribution in [0.3, 0.4) is 0 Å². The van der Waals surface area contributed by atoms with E-state index >= 15 is 4.79 Å². The van der Waals surface area contributed by atoms with E-state index in [1.807, 2.05) is 30.3 Å². The van der Waals surface area contributed by atoms with E-state index in [9.17, 15) is 33.9 Å². The lowest BCUT2D eigenvalue weighted by atomic mass is 9.48. The molecular formula is C42H32BClFN3O7. The van der Waals surface area contributed by atoms with E-state index in [-0.39, 0.29) is 35.4 Å². The lowest BCUT2D eigenvalue weighted by Crippen LogP contribution is -2.53. The summed E-state index contributed by atoms with van der Waals surface area (Å²) in [5.41, 5.74) is 3.35. The van der Waals surface area contributed by atoms with Crippen LogP contribution in [0.1, 0.15) is 29.9 Å². The second-order valence-electron chi connectivity index (χ2n) is 14.6. The fourth-order valence-electron chi connectivity index (χ4n) is 9.64. The Morgan fingerprint density at radius 2 is 1.56 bits per heavy atom. The largest absolute Gasteiger partial charge is 0.508 e. The van der Waals surface area contributed by atoms with Gasteiger partial charge in [0, 0.05) is 16.5 Å². The summed E-state index contributed by atoms with van der Waals surface area (Å²) in [4.78, 5) is 60.3. The highest BCUT2D eigenvalue weighted by atomic mass is 35.5. The summed E-state index contributed by atoms with van der Waals surface area (Å²) in [6.07, 6.45) is 2.04. The van der Waals surface area contributed by atoms with Crippen LogP contribution < -0.4 is 15.8 Å². The molecule has 4 aliphatic rings. The number of rotatable bonds is 6. The van der Waals surface area contributed by atoms with Crippen molar-refractivity contribution in [3.63, 3.8) is 0 Å². The molecule has 10 nitrogen and oxygen atoms in total. The van der Waals surface area contributed by atoms with Gasteiger partial charge in [-0.2, -0.15) is 5.01 Å². The molecule has 1 saturated carbocycles. The fraction of sp³-hybridized carbons (Fsp3) is 0.190. The van der Waals surface area contributed by atoms with Crippen molar-refractivity contribution in [3.8, 4) is 5.75 Å². The van der Waals surface area contributed by atoms with Crippen molar-refractivity contribution in [1.82, 2.24) is 5.01 Å². The van der Waals surface area contributed by atoms with Crippen molar-refractivity contribution in [3.05, 3.63) is 143 Å². The Balaban J connectivity index is 1.27. The van der Waals surface area contributed by atoms with Gasteiger partial charge in [-0.25, -0.2) is 4.39 Å². The van der Waals surface area contributed by atoms with Crippen molar-refractivity contribution in [2.24, 2.45) is 23.7 Å². The molecule has 5 aromatic rings. The first kappa shape index (κ1) is 34.9. The first-order valence-electron chi connectivity index (χ1n) is 17.9. The molecule has 0 aromatic heterocycles. The SMILES string of the molecule is O=C1C2CC3C(=CCC4C(=O)N(c5cccc(B(O)O)c5)C(=O)C43)C(c3c(O)ccc4ccccc34)C2(c2ccc(Cl)cc2)C(=O)N1Nc1ccc(F)cc1. The molecule has 274 valence electrons. The average molecular weight is 756 g/mol. The third-order valence-electron chi connectivity index (χ3n) is 11.9. The van der Waals surface area contributed by atoms with Gasteiger partial charge < -0.3 is 15.2 Å². The van der Waals surface area contributed by atoms with E-state index in [0.717, 1.165) is 15.3 Å². The zero-order valence-corrected chi connectivity index (χ0v) is 29.7. The Morgan fingerprint density at radius 3 is 2.31 bits per heavy atom. The first-order chi connectivity index (χ1) is 26.5. The van der Waals surface area contributed by atoms with E-state index < -0.39 is 71.6 Å². The van der Waals surface area contributed by atoms with Crippen LogP contribution in [0.25, 0.3) is 10.8 Å². The van der Waals surface area contributed by atoms with Gasteiger partial charge in [0.2, 0.25) is 11.8 Å². The summed E-state index contributed by atoms with van der Waals surface area (Å²) in [5, 5.41) is 34.4. The molecule has 6 unspecified atom stereocenters. The number of hydrogen-bond donors (Lipinski definition) is 4. The molecular weight excluding hydrogens is 724 g/mol. The number of carbonyl (C=O) groups excluding carboxylic acids is 4. The maximum atomic E-state index is 15.5. The average Bonchev–Trinajstić information content (AvgIpc) is 3.57. The summed E-state index contributed by atoms with van der Waals surface area (Å²) < 4.78 is 13.9. The number of nitrogens with zero attached hydrogens (tertiary/aromatic N) is 2. The summed E-state index contributed by atoms with van der Waals surface area (Å²) in [6, 6.07) is 28.6. The molecule has 0 radical (unpaired) electrons. The Kier molecular flexibility index (Phi) is 8.19. The van der Waals surface area contributed by atoms with Gasteiger partial charge in [0.25, 0.3) is 11.8 Å². The van der Waals surface area contributed by atoms with Crippen LogP contribution in [0, 0.1) is 29.5 Å². The maximum absolute atomic E-state index is 15.5. The van der Waals surface area contributed by atoms with E-state index in [0.29, 0.717) is 27.1 Å². The van der Waals surface area contributed by atoms with Crippen molar-refractivity contribution >= 4 is 70.0 Å². The van der Waals surface area contributed by atoms with Gasteiger partial charge in [0.1, 0.15) is 11.6 Å². The lowest BCUT2D eigenvalue weighted by molar-refractivity contribution is -0.138. The van der Waals surface area contributed by atoms with E-state index in [2.05, 4.69) is 5.43 Å². The number of allylic oxidation sites excluding steroid dienone is 2.